The van der Waals surface area contributed by atoms with Crippen LogP contribution in [0.15, 0.2) is 142 Å². The van der Waals surface area contributed by atoms with E-state index in [2.05, 4.69) is 98.2 Å². The van der Waals surface area contributed by atoms with Crippen LogP contribution in [0.1, 0.15) is 119 Å². The Morgan fingerprint density at radius 1 is 0.386 bits per heavy atom. The fourth-order valence-electron chi connectivity index (χ4n) is 16.9. The van der Waals surface area contributed by atoms with Gasteiger partial charge in [0.15, 0.2) is 41.1 Å². The first-order chi connectivity index (χ1) is 54.6. The molecule has 0 amide bonds. The van der Waals surface area contributed by atoms with Crippen LogP contribution >= 0.6 is 0 Å². The smallest absolute Gasteiger partial charge is 0.422 e. The lowest BCUT2D eigenvalue weighted by molar-refractivity contribution is -0.153. The van der Waals surface area contributed by atoms with Gasteiger partial charge in [-0.15, -0.1) is 0 Å². The average Bonchev–Trinajstić information content (AvgIpc) is 0.789. The van der Waals surface area contributed by atoms with E-state index in [9.17, 15) is 38.4 Å². The quantitative estimate of drug-likeness (QED) is 0.0461. The zero-order valence-electron chi connectivity index (χ0n) is 68.4. The van der Waals surface area contributed by atoms with Crippen LogP contribution in [0.4, 0.5) is 30.2 Å². The van der Waals surface area contributed by atoms with Crippen LogP contribution in [0.3, 0.4) is 0 Å². The number of ether oxygens (including phenoxy) is 9. The van der Waals surface area contributed by atoms with Crippen LogP contribution in [0.5, 0.6) is 51.7 Å². The standard InChI is InChI=1S/2C29H43N3O5S.C26H34F3N3O5S/c2*1-6-32(38(33,34)25-15-16-28(35-4)29(21-25)36-5)24-13-11-23(12-14-24)30-17-19-31(20-18-30)26-9-7-8-10-27(26)37-22(2)3;1-35-24-12-11-21(17-25(24)36-2)38(33,34)30-19-7-9-20(10-8-19)31-13-15-32(16-14-31)22-5-3-4-6-23(22)37-18-26(27,28)29/h2*7-10,15-16,21-24H,6,11-14,17-20H2,1-5H3;3-6,11-12,17,19-20,30H,7-10,13-16,18H2,1-2H3. The molecule has 0 atom stereocenters. The topological polar surface area (TPSA) is 223 Å². The van der Waals surface area contributed by atoms with Crippen molar-refractivity contribution >= 4 is 47.1 Å². The summed E-state index contributed by atoms with van der Waals surface area (Å²) in [6.07, 6.45) is 6.61. The number of halogens is 3. The lowest BCUT2D eigenvalue weighted by Crippen LogP contribution is -2.52. The predicted octanol–water partition coefficient (Wildman–Crippen LogP) is 13.3. The third-order valence-corrected chi connectivity index (χ3v) is 28.2. The highest BCUT2D eigenvalue weighted by Crippen LogP contribution is 2.41. The van der Waals surface area contributed by atoms with Crippen molar-refractivity contribution in [2.75, 3.05) is 156 Å². The number of sulfonamides is 3. The molecule has 30 heteroatoms. The summed E-state index contributed by atoms with van der Waals surface area (Å²) in [4.78, 5) is 15.1. The first-order valence-electron chi connectivity index (χ1n) is 40.1. The molecular weight excluding hydrogens is 1530 g/mol. The zero-order chi connectivity index (χ0) is 81.9. The van der Waals surface area contributed by atoms with Gasteiger partial charge >= 0.3 is 6.18 Å². The normalized spacial score (nSPS) is 21.1. The molecule has 630 valence electrons. The SMILES string of the molecule is CCN(C1CCC(N2CCN(c3ccccc3OC(C)C)CC2)CC1)S(=O)(=O)c1ccc(OC)c(OC)c1.CCN(C1CCC(N2CCN(c3ccccc3OC(C)C)CC2)CC1)S(=O)(=O)c1ccc(OC)c(OC)c1.COc1ccc(S(=O)(=O)NC2CCC(N3CCN(c4ccccc4OCC(F)(F)F)CC3)CC2)cc1OC. The first kappa shape index (κ1) is 88.7. The van der Waals surface area contributed by atoms with Crippen molar-refractivity contribution in [3.8, 4) is 51.7 Å². The Morgan fingerprint density at radius 3 is 1.00 bits per heavy atom. The molecule has 6 fully saturated rings. The second-order valence-corrected chi connectivity index (χ2v) is 35.7. The fraction of sp³-hybridized carbons (Fsp3) is 0.571. The Bertz CT molecular complexity index is 4190. The van der Waals surface area contributed by atoms with Crippen molar-refractivity contribution in [3.05, 3.63) is 127 Å². The Hall–Kier alpha value is -7.68. The summed E-state index contributed by atoms with van der Waals surface area (Å²) >= 11 is 0. The highest BCUT2D eigenvalue weighted by Gasteiger charge is 2.40. The van der Waals surface area contributed by atoms with Gasteiger partial charge in [-0.3, -0.25) is 14.7 Å². The van der Waals surface area contributed by atoms with E-state index in [4.69, 9.17) is 42.6 Å². The summed E-state index contributed by atoms with van der Waals surface area (Å²) in [6, 6.07) is 38.8. The zero-order valence-corrected chi connectivity index (χ0v) is 70.8. The highest BCUT2D eigenvalue weighted by atomic mass is 32.2. The van der Waals surface area contributed by atoms with Crippen molar-refractivity contribution in [1.29, 1.82) is 0 Å². The summed E-state index contributed by atoms with van der Waals surface area (Å²) < 4.78 is 173. The van der Waals surface area contributed by atoms with Crippen molar-refractivity contribution in [2.24, 2.45) is 0 Å². The molecule has 12 rings (SSSR count). The lowest BCUT2D eigenvalue weighted by atomic mass is 9.89. The summed E-state index contributed by atoms with van der Waals surface area (Å²) in [5.74, 6) is 4.84. The molecule has 114 heavy (non-hydrogen) atoms. The average molecular weight is 1650 g/mol. The van der Waals surface area contributed by atoms with Gasteiger partial charge in [-0.25, -0.2) is 30.0 Å². The number of alkyl halides is 3. The van der Waals surface area contributed by atoms with E-state index in [1.807, 2.05) is 26.0 Å². The first-order valence-corrected chi connectivity index (χ1v) is 44.5. The van der Waals surface area contributed by atoms with Crippen molar-refractivity contribution < 1.29 is 81.1 Å². The summed E-state index contributed by atoms with van der Waals surface area (Å²) in [5.41, 5.74) is 3.01. The molecule has 6 aromatic rings. The van der Waals surface area contributed by atoms with Gasteiger partial charge in [-0.05, 0) is 178 Å². The molecule has 0 radical (unpaired) electrons. The molecular formula is C84H120F3N9O15S3. The van der Waals surface area contributed by atoms with E-state index in [1.165, 1.54) is 51.9 Å². The van der Waals surface area contributed by atoms with E-state index < -0.39 is 42.9 Å². The van der Waals surface area contributed by atoms with E-state index >= 15 is 0 Å². The number of methoxy groups -OCH3 is 6. The molecule has 24 nitrogen and oxygen atoms in total. The number of benzene rings is 6. The second kappa shape index (κ2) is 40.9. The van der Waals surface area contributed by atoms with Gasteiger partial charge in [0.05, 0.1) is 86.6 Å². The van der Waals surface area contributed by atoms with Crippen LogP contribution in [0, 0.1) is 0 Å². The molecule has 0 bridgehead atoms. The monoisotopic (exact) mass is 1650 g/mol. The molecule has 0 spiro atoms. The van der Waals surface area contributed by atoms with Gasteiger partial charge < -0.3 is 57.3 Å². The third-order valence-electron chi connectivity index (χ3n) is 22.6. The van der Waals surface area contributed by atoms with Crippen LogP contribution < -0.4 is 62.1 Å². The largest absolute Gasteiger partial charge is 0.493 e. The van der Waals surface area contributed by atoms with E-state index in [-0.39, 0.29) is 50.8 Å². The number of nitrogens with one attached hydrogen (secondary N) is 1. The minimum atomic E-state index is -4.39. The van der Waals surface area contributed by atoms with Gasteiger partial charge in [0, 0.05) is 146 Å². The molecule has 3 aliphatic carbocycles. The van der Waals surface area contributed by atoms with Crippen LogP contribution in [0.2, 0.25) is 0 Å². The van der Waals surface area contributed by atoms with Gasteiger partial charge in [0.2, 0.25) is 30.1 Å². The number of rotatable bonds is 29. The number of para-hydroxylation sites is 6. The van der Waals surface area contributed by atoms with Crippen molar-refractivity contribution in [1.82, 2.24) is 28.0 Å². The molecule has 3 heterocycles. The van der Waals surface area contributed by atoms with Gasteiger partial charge in [-0.2, -0.15) is 21.8 Å². The summed E-state index contributed by atoms with van der Waals surface area (Å²) in [7, 11) is -1.89. The number of hydrogen-bond acceptors (Lipinski definition) is 21. The molecule has 6 aliphatic rings. The lowest BCUT2D eigenvalue weighted by Gasteiger charge is -2.44. The molecule has 1 N–H and O–H groups in total. The predicted molar refractivity (Wildman–Crippen MR) is 440 cm³/mol. The molecule has 3 saturated heterocycles. The van der Waals surface area contributed by atoms with E-state index in [0.29, 0.717) is 84.5 Å². The second-order valence-electron chi connectivity index (χ2n) is 30.2. The van der Waals surface area contributed by atoms with E-state index in [1.54, 1.807) is 89.6 Å². The van der Waals surface area contributed by atoms with Crippen molar-refractivity contribution in [2.45, 2.75) is 188 Å². The maximum absolute atomic E-state index is 13.6. The van der Waals surface area contributed by atoms with Gasteiger partial charge in [0.1, 0.15) is 17.2 Å². The van der Waals surface area contributed by atoms with Crippen molar-refractivity contribution in [3.63, 3.8) is 0 Å². The number of piperazine rings is 3. The number of anilines is 3. The van der Waals surface area contributed by atoms with Gasteiger partial charge in [-0.1, -0.05) is 50.2 Å². The Morgan fingerprint density at radius 2 is 0.684 bits per heavy atom. The highest BCUT2D eigenvalue weighted by molar-refractivity contribution is 7.90. The molecule has 6 aromatic carbocycles. The summed E-state index contributed by atoms with van der Waals surface area (Å²) in [6.45, 7) is 22.5. The Balaban J connectivity index is 0.000000181. The minimum absolute atomic E-state index is 0.00990. The Labute approximate surface area is 675 Å². The van der Waals surface area contributed by atoms with Crippen LogP contribution in [-0.2, 0) is 30.1 Å². The van der Waals surface area contributed by atoms with Crippen LogP contribution in [0.25, 0.3) is 0 Å². The summed E-state index contributed by atoms with van der Waals surface area (Å²) in [5, 5.41) is 0. The van der Waals surface area contributed by atoms with E-state index in [0.717, 1.165) is 154 Å². The molecule has 3 aliphatic heterocycles. The number of hydrogen-bond donors (Lipinski definition) is 1. The molecule has 0 unspecified atom stereocenters. The fourth-order valence-corrected chi connectivity index (χ4v) is 21.6. The molecule has 0 aromatic heterocycles. The van der Waals surface area contributed by atoms with Gasteiger partial charge in [0.25, 0.3) is 0 Å². The van der Waals surface area contributed by atoms with Crippen LogP contribution in [-0.4, -0.2) is 244 Å². The maximum atomic E-state index is 13.6. The Kier molecular flexibility index (Phi) is 31.8. The minimum Gasteiger partial charge on any atom is -0.493 e. The third kappa shape index (κ3) is 22.7. The maximum Gasteiger partial charge on any atom is 0.422 e. The number of nitrogens with zero attached hydrogens (tertiary/aromatic N) is 8. The molecule has 3 saturated carbocycles.